The summed E-state index contributed by atoms with van der Waals surface area (Å²) in [5.74, 6) is 5.98. The minimum atomic E-state index is 0.150. The van der Waals surface area contributed by atoms with E-state index < -0.39 is 0 Å². The van der Waals surface area contributed by atoms with Crippen molar-refractivity contribution in [3.05, 3.63) is 23.3 Å². The van der Waals surface area contributed by atoms with E-state index in [9.17, 15) is 19.2 Å². The molecule has 8 fully saturated rings. The lowest BCUT2D eigenvalue weighted by molar-refractivity contribution is -0.128. The Morgan fingerprint density at radius 1 is 0.604 bits per heavy atom. The van der Waals surface area contributed by atoms with Crippen LogP contribution in [-0.4, -0.2) is 48.6 Å². The molecule has 10 aliphatic rings. The fourth-order valence-corrected chi connectivity index (χ4v) is 15.4. The van der Waals surface area contributed by atoms with Crippen LogP contribution in [0.4, 0.5) is 0 Å². The van der Waals surface area contributed by atoms with E-state index in [2.05, 4.69) is 13.8 Å². The van der Waals surface area contributed by atoms with Crippen LogP contribution in [0.3, 0.4) is 0 Å². The van der Waals surface area contributed by atoms with E-state index in [4.69, 9.17) is 9.47 Å². The van der Waals surface area contributed by atoms with Crippen molar-refractivity contribution in [3.8, 4) is 0 Å². The number of hydrogen-bond acceptors (Lipinski definition) is 6. The first-order valence-electron chi connectivity index (χ1n) is 19.7. The van der Waals surface area contributed by atoms with Gasteiger partial charge in [-0.15, -0.1) is 0 Å². The van der Waals surface area contributed by atoms with Gasteiger partial charge in [-0.2, -0.15) is 0 Å². The molecule has 0 N–H and O–H groups in total. The van der Waals surface area contributed by atoms with Crippen LogP contribution in [0.15, 0.2) is 23.3 Å². The minimum Gasteiger partial charge on any atom is -0.373 e. The van der Waals surface area contributed by atoms with Gasteiger partial charge in [-0.1, -0.05) is 13.8 Å². The quantitative estimate of drug-likeness (QED) is 0.308. The SMILES string of the molecule is CC(=O)[C@H]1CC[C@H]2[C@@H]3C[C@H]4OC[C@@]5(CCC(=O)C=C45)[C@H]3CC[C@]12C.CC(=O)[C@H]1CC[C@H]2[C@@H]3C[C@H]4OC[C@@]5(CCC(=O)C=C45)[C@H]3CC[C@]12C. The summed E-state index contributed by atoms with van der Waals surface area (Å²) < 4.78 is 12.4. The highest BCUT2D eigenvalue weighted by Gasteiger charge is 2.66. The lowest BCUT2D eigenvalue weighted by atomic mass is 9.46. The molecule has 14 atom stereocenters. The minimum absolute atomic E-state index is 0.150. The lowest BCUT2D eigenvalue weighted by Crippen LogP contribution is -2.52. The van der Waals surface area contributed by atoms with Crippen molar-refractivity contribution in [2.75, 3.05) is 13.2 Å². The van der Waals surface area contributed by atoms with E-state index in [1.165, 1.54) is 49.7 Å². The summed E-state index contributed by atoms with van der Waals surface area (Å²) >= 11 is 0. The van der Waals surface area contributed by atoms with Gasteiger partial charge < -0.3 is 9.47 Å². The second-order valence-corrected chi connectivity index (χ2v) is 18.8. The molecule has 0 aromatic rings. The van der Waals surface area contributed by atoms with E-state index in [-0.39, 0.29) is 45.7 Å². The van der Waals surface area contributed by atoms with Gasteiger partial charge in [0.25, 0.3) is 0 Å². The van der Waals surface area contributed by atoms with Gasteiger partial charge in [0, 0.05) is 35.5 Å². The molecule has 6 nitrogen and oxygen atoms in total. The molecule has 0 aromatic carbocycles. The molecule has 8 aliphatic carbocycles. The zero-order valence-electron chi connectivity index (χ0n) is 29.7. The normalized spacial score (nSPS) is 52.3. The molecule has 260 valence electrons. The summed E-state index contributed by atoms with van der Waals surface area (Å²) in [6, 6.07) is 0. The predicted molar refractivity (Wildman–Crippen MR) is 181 cm³/mol. The fourth-order valence-electron chi connectivity index (χ4n) is 15.4. The summed E-state index contributed by atoms with van der Waals surface area (Å²) in [4.78, 5) is 48.3. The van der Waals surface area contributed by atoms with Crippen molar-refractivity contribution in [2.45, 2.75) is 130 Å². The molecule has 6 heteroatoms. The number of rotatable bonds is 2. The molecule has 0 amide bonds. The molecule has 0 spiro atoms. The van der Waals surface area contributed by atoms with E-state index in [1.54, 1.807) is 13.8 Å². The number of ether oxygens (including phenoxy) is 2. The van der Waals surface area contributed by atoms with Crippen molar-refractivity contribution in [2.24, 2.45) is 69.0 Å². The standard InChI is InChI=1S/2C21H28O3/c2*1-12(22)15-3-4-16-14-10-19-18-9-13(23)5-8-21(18,11-24-19)17(14)6-7-20(15,16)2/h2*9,14-17,19H,3-8,10-11H2,1-2H3/t2*14-,15+,16-,17-,19+,20+,21-/m00/s1. The van der Waals surface area contributed by atoms with Crippen molar-refractivity contribution in [1.82, 2.24) is 0 Å². The maximum Gasteiger partial charge on any atom is 0.155 e. The molecular formula is C42H56O6. The third-order valence-corrected chi connectivity index (χ3v) is 17.4. The van der Waals surface area contributed by atoms with Crippen LogP contribution in [0, 0.1) is 69.0 Å². The summed E-state index contributed by atoms with van der Waals surface area (Å²) in [7, 11) is 0. The van der Waals surface area contributed by atoms with Crippen LogP contribution in [0.25, 0.3) is 0 Å². The van der Waals surface area contributed by atoms with Crippen LogP contribution in [0.2, 0.25) is 0 Å². The molecule has 6 saturated carbocycles. The van der Waals surface area contributed by atoms with E-state index in [0.29, 0.717) is 71.5 Å². The van der Waals surface area contributed by atoms with Gasteiger partial charge >= 0.3 is 0 Å². The first-order valence-corrected chi connectivity index (χ1v) is 19.7. The molecule has 48 heavy (non-hydrogen) atoms. The van der Waals surface area contributed by atoms with E-state index in [1.807, 2.05) is 12.2 Å². The number of fused-ring (bicyclic) bond motifs is 6. The molecule has 0 radical (unpaired) electrons. The van der Waals surface area contributed by atoms with Gasteiger partial charge in [0.15, 0.2) is 11.6 Å². The van der Waals surface area contributed by atoms with Crippen molar-refractivity contribution in [3.63, 3.8) is 0 Å². The average Bonchev–Trinajstić information content (AvgIpc) is 3.75. The number of carbonyl (C=O) groups is 4. The summed E-state index contributed by atoms with van der Waals surface area (Å²) in [5.41, 5.74) is 3.38. The third-order valence-electron chi connectivity index (χ3n) is 17.4. The number of hydrogen-bond donors (Lipinski definition) is 0. The van der Waals surface area contributed by atoms with Gasteiger partial charge in [-0.3, -0.25) is 19.2 Å². The highest BCUT2D eigenvalue weighted by atomic mass is 16.5. The topological polar surface area (TPSA) is 86.7 Å². The Labute approximate surface area is 286 Å². The zero-order valence-corrected chi connectivity index (χ0v) is 29.7. The highest BCUT2D eigenvalue weighted by Crippen LogP contribution is 2.70. The van der Waals surface area contributed by atoms with Crippen LogP contribution >= 0.6 is 0 Å². The monoisotopic (exact) mass is 656 g/mol. The van der Waals surface area contributed by atoms with Crippen LogP contribution < -0.4 is 0 Å². The zero-order chi connectivity index (χ0) is 33.4. The van der Waals surface area contributed by atoms with Crippen molar-refractivity contribution in [1.29, 1.82) is 0 Å². The second kappa shape index (κ2) is 10.8. The van der Waals surface area contributed by atoms with Gasteiger partial charge in [0.2, 0.25) is 0 Å². The molecule has 0 unspecified atom stereocenters. The van der Waals surface area contributed by atoms with Crippen LogP contribution in [-0.2, 0) is 28.7 Å². The Morgan fingerprint density at radius 3 is 1.42 bits per heavy atom. The molecule has 0 aromatic heterocycles. The maximum absolute atomic E-state index is 12.2. The molecular weight excluding hydrogens is 600 g/mol. The van der Waals surface area contributed by atoms with Gasteiger partial charge in [-0.05, 0) is 161 Å². The van der Waals surface area contributed by atoms with Crippen LogP contribution in [0.5, 0.6) is 0 Å². The Bertz CT molecular complexity index is 1410. The fraction of sp³-hybridized carbons (Fsp3) is 0.810. The average molecular weight is 657 g/mol. The summed E-state index contributed by atoms with van der Waals surface area (Å²) in [6.07, 6.45) is 19.1. The van der Waals surface area contributed by atoms with E-state index >= 15 is 0 Å². The van der Waals surface area contributed by atoms with Crippen molar-refractivity contribution < 1.29 is 28.7 Å². The van der Waals surface area contributed by atoms with Gasteiger partial charge in [0.1, 0.15) is 11.6 Å². The maximum atomic E-state index is 12.2. The lowest BCUT2D eigenvalue weighted by Gasteiger charge is -2.56. The molecule has 2 saturated heterocycles. The first-order chi connectivity index (χ1) is 22.9. The number of Topliss-reactive ketones (excluding diaryl/α,β-unsaturated/α-hetero) is 2. The van der Waals surface area contributed by atoms with E-state index in [0.717, 1.165) is 51.7 Å². The van der Waals surface area contributed by atoms with Gasteiger partial charge in [0.05, 0.1) is 25.4 Å². The number of carbonyl (C=O) groups excluding carboxylic acids is 4. The Balaban J connectivity index is 0.000000131. The first kappa shape index (κ1) is 32.0. The second-order valence-electron chi connectivity index (χ2n) is 18.8. The van der Waals surface area contributed by atoms with Crippen LogP contribution in [0.1, 0.15) is 118 Å². The molecule has 10 rings (SSSR count). The summed E-state index contributed by atoms with van der Waals surface area (Å²) in [6.45, 7) is 10.0. The number of ketones is 4. The smallest absolute Gasteiger partial charge is 0.155 e. The highest BCUT2D eigenvalue weighted by molar-refractivity contribution is 5.92. The molecule has 2 aliphatic heterocycles. The van der Waals surface area contributed by atoms with Gasteiger partial charge in [-0.25, -0.2) is 0 Å². The Kier molecular flexibility index (Phi) is 7.20. The van der Waals surface area contributed by atoms with Crippen molar-refractivity contribution >= 4 is 23.1 Å². The molecule has 4 bridgehead atoms. The Morgan fingerprint density at radius 2 is 1.02 bits per heavy atom. The predicted octanol–water partition coefficient (Wildman–Crippen LogP) is 7.42. The summed E-state index contributed by atoms with van der Waals surface area (Å²) in [5, 5.41) is 0. The Hall–Kier alpha value is -1.92. The molecule has 2 heterocycles. The largest absolute Gasteiger partial charge is 0.373 e. The third kappa shape index (κ3) is 4.17.